The summed E-state index contributed by atoms with van der Waals surface area (Å²) in [6, 6.07) is -0.192. The maximum Gasteiger partial charge on any atom is 0.326 e. The van der Waals surface area contributed by atoms with E-state index in [2.05, 4.69) is 17.1 Å². The number of carbonyl (C=O) groups is 2. The van der Waals surface area contributed by atoms with E-state index in [4.69, 9.17) is 5.11 Å². The first kappa shape index (κ1) is 14.1. The van der Waals surface area contributed by atoms with Crippen molar-refractivity contribution in [3.05, 3.63) is 0 Å². The van der Waals surface area contributed by atoms with Crippen LogP contribution in [-0.2, 0) is 4.79 Å². The summed E-state index contributed by atoms with van der Waals surface area (Å²) in [5.74, 6) is -0.902. The summed E-state index contributed by atoms with van der Waals surface area (Å²) >= 11 is 0. The molecule has 2 amide bonds. The smallest absolute Gasteiger partial charge is 0.326 e. The molecular weight excluding hydrogens is 246 g/mol. The Morgan fingerprint density at radius 3 is 2.68 bits per heavy atom. The van der Waals surface area contributed by atoms with Crippen LogP contribution in [0.4, 0.5) is 4.79 Å². The van der Waals surface area contributed by atoms with Gasteiger partial charge in [0.1, 0.15) is 6.04 Å². The Hall–Kier alpha value is -1.30. The summed E-state index contributed by atoms with van der Waals surface area (Å²) in [7, 11) is 0. The van der Waals surface area contributed by atoms with Gasteiger partial charge in [-0.25, -0.2) is 9.59 Å². The van der Waals surface area contributed by atoms with Crippen LogP contribution in [0, 0.1) is 0 Å². The summed E-state index contributed by atoms with van der Waals surface area (Å²) in [4.78, 5) is 26.8. The van der Waals surface area contributed by atoms with Crippen LogP contribution in [0.5, 0.6) is 0 Å². The van der Waals surface area contributed by atoms with Gasteiger partial charge in [-0.05, 0) is 32.2 Å². The van der Waals surface area contributed by atoms with E-state index in [0.717, 1.165) is 19.5 Å². The Morgan fingerprint density at radius 2 is 2.11 bits per heavy atom. The molecule has 0 aromatic heterocycles. The molecule has 2 fully saturated rings. The van der Waals surface area contributed by atoms with Crippen molar-refractivity contribution in [1.82, 2.24) is 15.1 Å². The minimum absolute atomic E-state index is 0.239. The summed E-state index contributed by atoms with van der Waals surface area (Å²) in [6.07, 6.45) is 3.85. The van der Waals surface area contributed by atoms with Gasteiger partial charge in [0, 0.05) is 25.7 Å². The van der Waals surface area contributed by atoms with Crippen molar-refractivity contribution in [2.24, 2.45) is 0 Å². The van der Waals surface area contributed by atoms with E-state index in [1.807, 2.05) is 0 Å². The zero-order chi connectivity index (χ0) is 13.8. The predicted octanol–water partition coefficient (Wildman–Crippen LogP) is 0.729. The fourth-order valence-electron chi connectivity index (χ4n) is 2.71. The molecule has 6 heteroatoms. The number of likely N-dealkylation sites (N-methyl/N-ethyl adjacent to an activating group) is 1. The normalized spacial score (nSPS) is 22.8. The van der Waals surface area contributed by atoms with Crippen molar-refractivity contribution in [2.75, 3.05) is 26.2 Å². The topological polar surface area (TPSA) is 72.9 Å². The van der Waals surface area contributed by atoms with Gasteiger partial charge in [-0.2, -0.15) is 0 Å². The molecule has 0 aromatic rings. The number of carboxylic acid groups (broad SMARTS) is 1. The molecule has 2 N–H and O–H groups in total. The van der Waals surface area contributed by atoms with Gasteiger partial charge in [-0.1, -0.05) is 6.92 Å². The quantitative estimate of drug-likeness (QED) is 0.745. The Bertz CT molecular complexity index is 344. The maximum absolute atomic E-state index is 11.9. The van der Waals surface area contributed by atoms with Gasteiger partial charge in [-0.3, -0.25) is 4.90 Å². The molecule has 1 aliphatic carbocycles. The van der Waals surface area contributed by atoms with Crippen LogP contribution in [0.1, 0.15) is 32.6 Å². The summed E-state index contributed by atoms with van der Waals surface area (Å²) < 4.78 is 0. The molecule has 0 aromatic carbocycles. The second-order valence-corrected chi connectivity index (χ2v) is 5.28. The van der Waals surface area contributed by atoms with Crippen molar-refractivity contribution >= 4 is 12.0 Å². The van der Waals surface area contributed by atoms with Gasteiger partial charge < -0.3 is 15.3 Å². The highest BCUT2D eigenvalue weighted by Gasteiger charge is 2.34. The third-order valence-corrected chi connectivity index (χ3v) is 3.94. The Kier molecular flexibility index (Phi) is 4.63. The molecule has 1 aliphatic heterocycles. The molecule has 0 unspecified atom stereocenters. The number of carbonyl (C=O) groups excluding carboxylic acids is 1. The third-order valence-electron chi connectivity index (χ3n) is 3.94. The average Bonchev–Trinajstić information content (AvgIpc) is 3.09. The molecule has 108 valence electrons. The van der Waals surface area contributed by atoms with Crippen molar-refractivity contribution in [2.45, 2.75) is 44.7 Å². The summed E-state index contributed by atoms with van der Waals surface area (Å²) in [6.45, 7) is 5.11. The van der Waals surface area contributed by atoms with Gasteiger partial charge in [0.25, 0.3) is 0 Å². The number of aliphatic carboxylic acids is 1. The monoisotopic (exact) mass is 269 g/mol. The SMILES string of the molecule is CCN(CCNC(=O)N1CCC[C@H]1C(=O)O)C1CC1. The van der Waals surface area contributed by atoms with Gasteiger partial charge in [0.05, 0.1) is 0 Å². The van der Waals surface area contributed by atoms with E-state index in [0.29, 0.717) is 25.6 Å². The molecule has 1 atom stereocenters. The number of nitrogens with zero attached hydrogens (tertiary/aromatic N) is 2. The Balaban J connectivity index is 1.73. The lowest BCUT2D eigenvalue weighted by molar-refractivity contribution is -0.141. The molecule has 0 spiro atoms. The zero-order valence-electron chi connectivity index (χ0n) is 11.5. The molecule has 1 heterocycles. The van der Waals surface area contributed by atoms with Crippen LogP contribution in [0.15, 0.2) is 0 Å². The van der Waals surface area contributed by atoms with E-state index >= 15 is 0 Å². The van der Waals surface area contributed by atoms with Crippen LogP contribution in [0.3, 0.4) is 0 Å². The second-order valence-electron chi connectivity index (χ2n) is 5.28. The second kappa shape index (κ2) is 6.23. The van der Waals surface area contributed by atoms with Crippen LogP contribution < -0.4 is 5.32 Å². The van der Waals surface area contributed by atoms with Gasteiger partial charge in [0.2, 0.25) is 0 Å². The number of rotatable bonds is 6. The van der Waals surface area contributed by atoms with Gasteiger partial charge >= 0.3 is 12.0 Å². The summed E-state index contributed by atoms with van der Waals surface area (Å²) in [5.41, 5.74) is 0. The molecule has 1 saturated heterocycles. The first-order valence-corrected chi connectivity index (χ1v) is 7.14. The van der Waals surface area contributed by atoms with E-state index in [9.17, 15) is 9.59 Å². The lowest BCUT2D eigenvalue weighted by atomic mass is 10.2. The van der Waals surface area contributed by atoms with Crippen molar-refractivity contribution in [3.63, 3.8) is 0 Å². The van der Waals surface area contributed by atoms with E-state index in [1.54, 1.807) is 0 Å². The Labute approximate surface area is 113 Å². The highest BCUT2D eigenvalue weighted by molar-refractivity contribution is 5.83. The van der Waals surface area contributed by atoms with E-state index in [1.165, 1.54) is 17.7 Å². The average molecular weight is 269 g/mol. The number of nitrogens with one attached hydrogen (secondary N) is 1. The number of urea groups is 1. The fourth-order valence-corrected chi connectivity index (χ4v) is 2.71. The van der Waals surface area contributed by atoms with Gasteiger partial charge in [0.15, 0.2) is 0 Å². The molecule has 1 saturated carbocycles. The largest absolute Gasteiger partial charge is 0.480 e. The molecule has 2 aliphatic rings. The maximum atomic E-state index is 11.9. The molecule has 2 rings (SSSR count). The third kappa shape index (κ3) is 3.59. The number of carboxylic acids is 1. The standard InChI is InChI=1S/C13H23N3O3/c1-2-15(10-5-6-10)9-7-14-13(19)16-8-3-4-11(16)12(17)18/h10-11H,2-9H2,1H3,(H,14,19)(H,17,18)/t11-/m0/s1. The highest BCUT2D eigenvalue weighted by Crippen LogP contribution is 2.25. The molecule has 0 bridgehead atoms. The van der Waals surface area contributed by atoms with Crippen LogP contribution in [0.25, 0.3) is 0 Å². The van der Waals surface area contributed by atoms with Crippen LogP contribution in [0.2, 0.25) is 0 Å². The number of amides is 2. The fraction of sp³-hybridized carbons (Fsp3) is 0.846. The molecule has 19 heavy (non-hydrogen) atoms. The number of hydrogen-bond donors (Lipinski definition) is 2. The number of hydrogen-bond acceptors (Lipinski definition) is 3. The minimum atomic E-state index is -0.902. The first-order chi connectivity index (χ1) is 9.13. The number of likely N-dealkylation sites (tertiary alicyclic amines) is 1. The van der Waals surface area contributed by atoms with Crippen molar-refractivity contribution in [1.29, 1.82) is 0 Å². The first-order valence-electron chi connectivity index (χ1n) is 7.14. The molecule has 0 radical (unpaired) electrons. The molecule has 6 nitrogen and oxygen atoms in total. The van der Waals surface area contributed by atoms with E-state index < -0.39 is 12.0 Å². The Morgan fingerprint density at radius 1 is 1.37 bits per heavy atom. The molecular formula is C13H23N3O3. The van der Waals surface area contributed by atoms with Gasteiger partial charge in [-0.15, -0.1) is 0 Å². The highest BCUT2D eigenvalue weighted by atomic mass is 16.4. The lowest BCUT2D eigenvalue weighted by Crippen LogP contribution is -2.47. The van der Waals surface area contributed by atoms with E-state index in [-0.39, 0.29) is 6.03 Å². The van der Waals surface area contributed by atoms with Crippen LogP contribution in [-0.4, -0.2) is 65.2 Å². The minimum Gasteiger partial charge on any atom is -0.480 e. The van der Waals surface area contributed by atoms with Crippen molar-refractivity contribution in [3.8, 4) is 0 Å². The predicted molar refractivity (Wildman–Crippen MR) is 71.0 cm³/mol. The van der Waals surface area contributed by atoms with Crippen LogP contribution >= 0.6 is 0 Å². The van der Waals surface area contributed by atoms with Crippen molar-refractivity contribution < 1.29 is 14.7 Å². The zero-order valence-corrected chi connectivity index (χ0v) is 11.5. The lowest BCUT2D eigenvalue weighted by Gasteiger charge is -2.24. The summed E-state index contributed by atoms with van der Waals surface area (Å²) in [5, 5.41) is 11.9.